The monoisotopic (exact) mass is 328 g/mol. The van der Waals surface area contributed by atoms with E-state index in [0.29, 0.717) is 24.0 Å². The van der Waals surface area contributed by atoms with Crippen molar-refractivity contribution in [1.29, 1.82) is 0 Å². The standard InChI is InChI=1S/C16H22BrFO/c1-11-6-14(9-16(2,3)8-11)19-10-12-4-5-13(18)7-15(12)17/h4-5,7,11,14H,6,8-10H2,1-3H3. The lowest BCUT2D eigenvalue weighted by Gasteiger charge is -2.38. The fraction of sp³-hybridized carbons (Fsp3) is 0.625. The summed E-state index contributed by atoms with van der Waals surface area (Å²) in [4.78, 5) is 0. The Morgan fingerprint density at radius 3 is 2.74 bits per heavy atom. The van der Waals surface area contributed by atoms with Crippen molar-refractivity contribution in [2.45, 2.75) is 52.7 Å². The van der Waals surface area contributed by atoms with Crippen LogP contribution in [0.15, 0.2) is 22.7 Å². The molecule has 0 N–H and O–H groups in total. The maximum Gasteiger partial charge on any atom is 0.124 e. The topological polar surface area (TPSA) is 9.23 Å². The highest BCUT2D eigenvalue weighted by Gasteiger charge is 2.32. The Morgan fingerprint density at radius 1 is 1.37 bits per heavy atom. The average Bonchev–Trinajstić information content (AvgIpc) is 2.25. The zero-order valence-electron chi connectivity index (χ0n) is 11.9. The molecule has 2 atom stereocenters. The lowest BCUT2D eigenvalue weighted by atomic mass is 9.71. The highest BCUT2D eigenvalue weighted by molar-refractivity contribution is 9.10. The van der Waals surface area contributed by atoms with Crippen LogP contribution in [0.1, 0.15) is 45.6 Å². The lowest BCUT2D eigenvalue weighted by molar-refractivity contribution is -0.0318. The van der Waals surface area contributed by atoms with E-state index in [1.54, 1.807) is 6.07 Å². The summed E-state index contributed by atoms with van der Waals surface area (Å²) >= 11 is 3.39. The van der Waals surface area contributed by atoms with E-state index in [0.717, 1.165) is 22.9 Å². The molecule has 2 rings (SSSR count). The zero-order valence-corrected chi connectivity index (χ0v) is 13.5. The molecule has 0 aromatic heterocycles. The van der Waals surface area contributed by atoms with Crippen LogP contribution in [0.25, 0.3) is 0 Å². The Labute approximate surface area is 123 Å². The van der Waals surface area contributed by atoms with Gasteiger partial charge in [-0.1, -0.05) is 42.8 Å². The molecule has 19 heavy (non-hydrogen) atoms. The minimum Gasteiger partial charge on any atom is -0.373 e. The van der Waals surface area contributed by atoms with E-state index in [1.807, 2.05) is 0 Å². The van der Waals surface area contributed by atoms with Gasteiger partial charge in [0.1, 0.15) is 5.82 Å². The van der Waals surface area contributed by atoms with Crippen LogP contribution in [0.5, 0.6) is 0 Å². The molecule has 0 spiro atoms. The first-order valence-corrected chi connectivity index (χ1v) is 7.70. The molecule has 0 radical (unpaired) electrons. The van der Waals surface area contributed by atoms with Crippen LogP contribution >= 0.6 is 15.9 Å². The molecule has 1 aromatic rings. The Kier molecular flexibility index (Phi) is 4.67. The Hall–Kier alpha value is -0.410. The third-order valence-corrected chi connectivity index (χ3v) is 4.57. The normalized spacial score (nSPS) is 26.4. The Balaban J connectivity index is 1.95. The molecule has 0 saturated heterocycles. The lowest BCUT2D eigenvalue weighted by Crippen LogP contribution is -2.32. The summed E-state index contributed by atoms with van der Waals surface area (Å²) in [6, 6.07) is 4.76. The summed E-state index contributed by atoms with van der Waals surface area (Å²) in [6.45, 7) is 7.47. The number of benzene rings is 1. The number of hydrogen-bond donors (Lipinski definition) is 0. The Bertz CT molecular complexity index is 444. The maximum atomic E-state index is 13.0. The van der Waals surface area contributed by atoms with E-state index in [9.17, 15) is 4.39 Å². The zero-order chi connectivity index (χ0) is 14.0. The highest BCUT2D eigenvalue weighted by Crippen LogP contribution is 2.40. The van der Waals surface area contributed by atoms with Crippen molar-refractivity contribution < 1.29 is 9.13 Å². The second-order valence-corrected chi connectivity index (χ2v) is 7.44. The number of rotatable bonds is 3. The maximum absolute atomic E-state index is 13.0. The van der Waals surface area contributed by atoms with E-state index in [4.69, 9.17) is 4.74 Å². The third-order valence-electron chi connectivity index (χ3n) is 3.84. The van der Waals surface area contributed by atoms with Gasteiger partial charge in [0.05, 0.1) is 12.7 Å². The smallest absolute Gasteiger partial charge is 0.124 e. The molecule has 0 bridgehead atoms. The van der Waals surface area contributed by atoms with E-state index in [-0.39, 0.29) is 5.82 Å². The van der Waals surface area contributed by atoms with Crippen LogP contribution in [-0.4, -0.2) is 6.10 Å². The summed E-state index contributed by atoms with van der Waals surface area (Å²) in [5.41, 5.74) is 1.37. The summed E-state index contributed by atoms with van der Waals surface area (Å²) in [5, 5.41) is 0. The molecule has 1 aliphatic rings. The predicted octanol–water partition coefficient (Wildman–Crippen LogP) is 5.32. The number of hydrogen-bond acceptors (Lipinski definition) is 1. The minimum atomic E-state index is -0.219. The third kappa shape index (κ3) is 4.28. The van der Waals surface area contributed by atoms with E-state index >= 15 is 0 Å². The molecule has 0 heterocycles. The van der Waals surface area contributed by atoms with Gasteiger partial charge in [0.15, 0.2) is 0 Å². The van der Waals surface area contributed by atoms with Gasteiger partial charge in [-0.2, -0.15) is 0 Å². The first-order chi connectivity index (χ1) is 8.85. The molecular weight excluding hydrogens is 307 g/mol. The van der Waals surface area contributed by atoms with Crippen molar-refractivity contribution >= 4 is 15.9 Å². The van der Waals surface area contributed by atoms with Gasteiger partial charge in [-0.05, 0) is 48.3 Å². The quantitative estimate of drug-likeness (QED) is 0.729. The van der Waals surface area contributed by atoms with Crippen molar-refractivity contribution in [2.75, 3.05) is 0 Å². The molecule has 1 fully saturated rings. The molecule has 1 saturated carbocycles. The second-order valence-electron chi connectivity index (χ2n) is 6.58. The Morgan fingerprint density at radius 2 is 2.11 bits per heavy atom. The molecule has 1 nitrogen and oxygen atoms in total. The van der Waals surface area contributed by atoms with Gasteiger partial charge in [0.25, 0.3) is 0 Å². The molecule has 3 heteroatoms. The number of ether oxygens (including phenoxy) is 1. The highest BCUT2D eigenvalue weighted by atomic mass is 79.9. The van der Waals surface area contributed by atoms with Crippen LogP contribution in [0.3, 0.4) is 0 Å². The summed E-state index contributed by atoms with van der Waals surface area (Å²) in [5.74, 6) is 0.494. The van der Waals surface area contributed by atoms with Gasteiger partial charge in [0, 0.05) is 4.47 Å². The van der Waals surface area contributed by atoms with Crippen molar-refractivity contribution in [1.82, 2.24) is 0 Å². The largest absolute Gasteiger partial charge is 0.373 e. The van der Waals surface area contributed by atoms with Gasteiger partial charge in [-0.3, -0.25) is 0 Å². The second kappa shape index (κ2) is 5.92. The molecular formula is C16H22BrFO. The van der Waals surface area contributed by atoms with Gasteiger partial charge in [-0.15, -0.1) is 0 Å². The molecule has 1 aromatic carbocycles. The fourth-order valence-electron chi connectivity index (χ4n) is 3.23. The van der Waals surface area contributed by atoms with Crippen molar-refractivity contribution in [3.8, 4) is 0 Å². The fourth-order valence-corrected chi connectivity index (χ4v) is 3.70. The van der Waals surface area contributed by atoms with Crippen molar-refractivity contribution in [3.63, 3.8) is 0 Å². The predicted molar refractivity (Wildman–Crippen MR) is 79.5 cm³/mol. The minimum absolute atomic E-state index is 0.219. The molecule has 106 valence electrons. The molecule has 0 aliphatic heterocycles. The molecule has 2 unspecified atom stereocenters. The van der Waals surface area contributed by atoms with E-state index < -0.39 is 0 Å². The number of halogens is 2. The van der Waals surface area contributed by atoms with Crippen LogP contribution < -0.4 is 0 Å². The van der Waals surface area contributed by atoms with Crippen LogP contribution in [-0.2, 0) is 11.3 Å². The van der Waals surface area contributed by atoms with Gasteiger partial charge in [0.2, 0.25) is 0 Å². The summed E-state index contributed by atoms with van der Waals surface area (Å²) in [7, 11) is 0. The average molecular weight is 329 g/mol. The van der Waals surface area contributed by atoms with Gasteiger partial charge in [-0.25, -0.2) is 4.39 Å². The van der Waals surface area contributed by atoms with Crippen molar-refractivity contribution in [3.05, 3.63) is 34.1 Å². The SMILES string of the molecule is CC1CC(OCc2ccc(F)cc2Br)CC(C)(C)C1. The first kappa shape index (κ1) is 15.0. The molecule has 1 aliphatic carbocycles. The van der Waals surface area contributed by atoms with E-state index in [2.05, 4.69) is 36.7 Å². The first-order valence-electron chi connectivity index (χ1n) is 6.91. The van der Waals surface area contributed by atoms with Gasteiger partial charge >= 0.3 is 0 Å². The van der Waals surface area contributed by atoms with Crippen LogP contribution in [0, 0.1) is 17.2 Å². The molecule has 0 amide bonds. The van der Waals surface area contributed by atoms with Crippen molar-refractivity contribution in [2.24, 2.45) is 11.3 Å². The van der Waals surface area contributed by atoms with Gasteiger partial charge < -0.3 is 4.74 Å². The van der Waals surface area contributed by atoms with Crippen LogP contribution in [0.2, 0.25) is 0 Å². The van der Waals surface area contributed by atoms with Crippen LogP contribution in [0.4, 0.5) is 4.39 Å². The van der Waals surface area contributed by atoms with E-state index in [1.165, 1.54) is 18.6 Å². The summed E-state index contributed by atoms with van der Waals surface area (Å²) in [6.07, 6.45) is 3.82. The summed E-state index contributed by atoms with van der Waals surface area (Å²) < 4.78 is 19.9.